The first-order valence-electron chi connectivity index (χ1n) is 5.03. The van der Waals surface area contributed by atoms with Crippen LogP contribution in [0.15, 0.2) is 12.4 Å². The van der Waals surface area contributed by atoms with Gasteiger partial charge in [-0.2, -0.15) is 0 Å². The Labute approximate surface area is 93.7 Å². The number of ether oxygens (including phenoxy) is 1. The minimum absolute atomic E-state index is 0.0667. The van der Waals surface area contributed by atoms with Crippen LogP contribution in [0.1, 0.15) is 24.3 Å². The van der Waals surface area contributed by atoms with Gasteiger partial charge in [-0.3, -0.25) is 0 Å². The van der Waals surface area contributed by atoms with Crippen molar-refractivity contribution in [3.63, 3.8) is 0 Å². The number of rotatable bonds is 6. The van der Waals surface area contributed by atoms with Crippen LogP contribution < -0.4 is 5.32 Å². The maximum atomic E-state index is 10.5. The number of hydrogen-bond acceptors (Lipinski definition) is 5. The van der Waals surface area contributed by atoms with Crippen LogP contribution in [-0.2, 0) is 4.74 Å². The summed E-state index contributed by atoms with van der Waals surface area (Å²) in [7, 11) is 0. The van der Waals surface area contributed by atoms with Crippen LogP contribution >= 0.6 is 0 Å². The highest BCUT2D eigenvalue weighted by Gasteiger charge is 2.06. The molecule has 0 aromatic carbocycles. The first-order valence-corrected chi connectivity index (χ1v) is 5.03. The van der Waals surface area contributed by atoms with Crippen molar-refractivity contribution < 1.29 is 14.6 Å². The summed E-state index contributed by atoms with van der Waals surface area (Å²) >= 11 is 0. The van der Waals surface area contributed by atoms with Gasteiger partial charge in [-0.1, -0.05) is 0 Å². The lowest BCUT2D eigenvalue weighted by Gasteiger charge is -2.13. The summed E-state index contributed by atoms with van der Waals surface area (Å²) in [5.74, 6) is -0.543. The number of nitrogens with zero attached hydrogens (tertiary/aromatic N) is 2. The summed E-state index contributed by atoms with van der Waals surface area (Å²) in [6.07, 6.45) is 2.62. The zero-order valence-electron chi connectivity index (χ0n) is 9.30. The van der Waals surface area contributed by atoms with E-state index in [0.29, 0.717) is 19.0 Å². The van der Waals surface area contributed by atoms with Crippen LogP contribution in [0.5, 0.6) is 0 Å². The Hall–Kier alpha value is -1.69. The number of aromatic carboxylic acids is 1. The van der Waals surface area contributed by atoms with Crippen molar-refractivity contribution in [2.75, 3.05) is 18.5 Å². The van der Waals surface area contributed by atoms with E-state index in [1.807, 2.05) is 13.8 Å². The molecular weight excluding hydrogens is 210 g/mol. The molecule has 0 aliphatic rings. The number of hydrogen-bond donors (Lipinski definition) is 2. The fourth-order valence-corrected chi connectivity index (χ4v) is 1.10. The molecule has 1 aromatic rings. The minimum Gasteiger partial charge on any atom is -0.476 e. The van der Waals surface area contributed by atoms with Crippen molar-refractivity contribution in [3.8, 4) is 0 Å². The Kier molecular flexibility index (Phi) is 4.65. The molecule has 0 aliphatic carbocycles. The third kappa shape index (κ3) is 3.82. The van der Waals surface area contributed by atoms with Gasteiger partial charge in [0.25, 0.3) is 0 Å². The Morgan fingerprint density at radius 2 is 2.31 bits per heavy atom. The molecule has 0 fully saturated rings. The minimum atomic E-state index is -1.08. The lowest BCUT2D eigenvalue weighted by molar-refractivity contribution is 0.0690. The molecule has 6 heteroatoms. The fraction of sp³-hybridized carbons (Fsp3) is 0.500. The van der Waals surface area contributed by atoms with Gasteiger partial charge in [0.05, 0.1) is 19.0 Å². The van der Waals surface area contributed by atoms with Crippen molar-refractivity contribution in [2.45, 2.75) is 19.9 Å². The second-order valence-corrected chi connectivity index (χ2v) is 3.30. The molecule has 0 saturated carbocycles. The van der Waals surface area contributed by atoms with E-state index in [-0.39, 0.29) is 11.7 Å². The van der Waals surface area contributed by atoms with Gasteiger partial charge in [-0.05, 0) is 13.8 Å². The second kappa shape index (κ2) is 6.02. The van der Waals surface area contributed by atoms with E-state index in [1.54, 1.807) is 0 Å². The van der Waals surface area contributed by atoms with Crippen molar-refractivity contribution in [1.82, 2.24) is 9.97 Å². The second-order valence-electron chi connectivity index (χ2n) is 3.30. The number of anilines is 1. The quantitative estimate of drug-likeness (QED) is 0.751. The van der Waals surface area contributed by atoms with Crippen LogP contribution in [0.2, 0.25) is 0 Å². The Morgan fingerprint density at radius 1 is 1.56 bits per heavy atom. The van der Waals surface area contributed by atoms with Gasteiger partial charge in [0.1, 0.15) is 5.82 Å². The first-order chi connectivity index (χ1) is 7.63. The summed E-state index contributed by atoms with van der Waals surface area (Å²) in [5.41, 5.74) is -0.0667. The zero-order chi connectivity index (χ0) is 12.0. The average molecular weight is 225 g/mol. The molecule has 0 spiro atoms. The molecule has 2 N–H and O–H groups in total. The van der Waals surface area contributed by atoms with Crippen LogP contribution in [-0.4, -0.2) is 40.3 Å². The van der Waals surface area contributed by atoms with Gasteiger partial charge in [0.15, 0.2) is 5.69 Å². The number of aromatic nitrogens is 2. The third-order valence-electron chi connectivity index (χ3n) is 1.84. The molecule has 88 valence electrons. The normalized spacial score (nSPS) is 12.1. The largest absolute Gasteiger partial charge is 0.476 e. The van der Waals surface area contributed by atoms with Crippen LogP contribution in [0, 0.1) is 0 Å². The molecular formula is C10H15N3O3. The molecule has 0 saturated heterocycles. The van der Waals surface area contributed by atoms with Crippen LogP contribution in [0.25, 0.3) is 0 Å². The monoisotopic (exact) mass is 225 g/mol. The van der Waals surface area contributed by atoms with E-state index in [2.05, 4.69) is 15.3 Å². The molecule has 1 aromatic heterocycles. The number of carboxylic acid groups (broad SMARTS) is 1. The van der Waals surface area contributed by atoms with Gasteiger partial charge in [0.2, 0.25) is 0 Å². The van der Waals surface area contributed by atoms with Crippen molar-refractivity contribution in [3.05, 3.63) is 18.1 Å². The summed E-state index contributed by atoms with van der Waals surface area (Å²) in [6.45, 7) is 5.10. The number of nitrogens with one attached hydrogen (secondary N) is 1. The standard InChI is InChI=1S/C10H15N3O3/c1-3-16-6-7(2)13-9-5-11-8(4-12-9)10(14)15/h4-5,7H,3,6H2,1-2H3,(H,12,13)(H,14,15). The lowest BCUT2D eigenvalue weighted by Crippen LogP contribution is -2.22. The molecule has 1 atom stereocenters. The highest BCUT2D eigenvalue weighted by Crippen LogP contribution is 2.03. The molecule has 1 heterocycles. The van der Waals surface area contributed by atoms with E-state index >= 15 is 0 Å². The van der Waals surface area contributed by atoms with Gasteiger partial charge in [-0.15, -0.1) is 0 Å². The molecule has 6 nitrogen and oxygen atoms in total. The first kappa shape index (κ1) is 12.4. The molecule has 16 heavy (non-hydrogen) atoms. The number of carboxylic acids is 1. The molecule has 0 aliphatic heterocycles. The third-order valence-corrected chi connectivity index (χ3v) is 1.84. The topological polar surface area (TPSA) is 84.3 Å². The smallest absolute Gasteiger partial charge is 0.356 e. The van der Waals surface area contributed by atoms with Gasteiger partial charge >= 0.3 is 5.97 Å². The fourth-order valence-electron chi connectivity index (χ4n) is 1.10. The molecule has 0 amide bonds. The predicted molar refractivity (Wildman–Crippen MR) is 58.6 cm³/mol. The maximum absolute atomic E-state index is 10.5. The Balaban J connectivity index is 2.51. The van der Waals surface area contributed by atoms with Crippen molar-refractivity contribution in [1.29, 1.82) is 0 Å². The highest BCUT2D eigenvalue weighted by molar-refractivity contribution is 5.84. The van der Waals surface area contributed by atoms with E-state index in [9.17, 15) is 4.79 Å². The van der Waals surface area contributed by atoms with Gasteiger partial charge in [-0.25, -0.2) is 14.8 Å². The maximum Gasteiger partial charge on any atom is 0.356 e. The van der Waals surface area contributed by atoms with Crippen molar-refractivity contribution in [2.24, 2.45) is 0 Å². The van der Waals surface area contributed by atoms with Crippen molar-refractivity contribution >= 4 is 11.8 Å². The molecule has 0 bridgehead atoms. The number of carbonyl (C=O) groups is 1. The van der Waals surface area contributed by atoms with E-state index < -0.39 is 5.97 Å². The van der Waals surface area contributed by atoms with Crippen LogP contribution in [0.3, 0.4) is 0 Å². The van der Waals surface area contributed by atoms with Gasteiger partial charge in [0, 0.05) is 12.6 Å². The lowest BCUT2D eigenvalue weighted by atomic mass is 10.3. The average Bonchev–Trinajstić information content (AvgIpc) is 2.27. The predicted octanol–water partition coefficient (Wildman–Crippen LogP) is 1.01. The van der Waals surface area contributed by atoms with E-state index in [0.717, 1.165) is 0 Å². The Bertz CT molecular complexity index is 340. The highest BCUT2D eigenvalue weighted by atomic mass is 16.5. The summed E-state index contributed by atoms with van der Waals surface area (Å²) in [6, 6.07) is 0.102. The van der Waals surface area contributed by atoms with Gasteiger partial charge < -0.3 is 15.2 Å². The van der Waals surface area contributed by atoms with E-state index in [4.69, 9.17) is 9.84 Å². The summed E-state index contributed by atoms with van der Waals surface area (Å²) < 4.78 is 5.22. The zero-order valence-corrected chi connectivity index (χ0v) is 9.30. The summed E-state index contributed by atoms with van der Waals surface area (Å²) in [4.78, 5) is 18.2. The Morgan fingerprint density at radius 3 is 2.81 bits per heavy atom. The SMILES string of the molecule is CCOCC(C)Nc1cnc(C(=O)O)cn1. The molecule has 1 unspecified atom stereocenters. The molecule has 0 radical (unpaired) electrons. The molecule has 1 rings (SSSR count). The van der Waals surface area contributed by atoms with E-state index in [1.165, 1.54) is 12.4 Å². The summed E-state index contributed by atoms with van der Waals surface area (Å²) in [5, 5.41) is 11.7. The van der Waals surface area contributed by atoms with Crippen LogP contribution in [0.4, 0.5) is 5.82 Å².